The van der Waals surface area contributed by atoms with Gasteiger partial charge in [0.25, 0.3) is 5.56 Å². The zero-order valence-corrected chi connectivity index (χ0v) is 18.0. The molecule has 0 spiro atoms. The summed E-state index contributed by atoms with van der Waals surface area (Å²) in [4.78, 5) is 43.7. The number of nitrogens with zero attached hydrogens (tertiary/aromatic N) is 5. The van der Waals surface area contributed by atoms with Gasteiger partial charge in [-0.1, -0.05) is 6.07 Å². The second-order valence-corrected chi connectivity index (χ2v) is 7.21. The number of carbonyl (C=O) groups excluding carboxylic acids is 2. The minimum atomic E-state index is -1.03. The van der Waals surface area contributed by atoms with E-state index in [9.17, 15) is 14.4 Å². The van der Waals surface area contributed by atoms with E-state index in [1.807, 2.05) is 32.0 Å². The molecule has 0 radical (unpaired) electrons. The Kier molecular flexibility index (Phi) is 5.31. The molecule has 164 valence electrons. The van der Waals surface area contributed by atoms with E-state index >= 15 is 0 Å². The third kappa shape index (κ3) is 3.75. The Morgan fingerprint density at radius 3 is 2.62 bits per heavy atom. The van der Waals surface area contributed by atoms with E-state index in [0.29, 0.717) is 16.7 Å². The molecule has 1 amide bonds. The zero-order valence-electron chi connectivity index (χ0n) is 18.0. The Labute approximate surface area is 182 Å². The molecule has 0 aliphatic heterocycles. The summed E-state index contributed by atoms with van der Waals surface area (Å²) in [6, 6.07) is 7.35. The van der Waals surface area contributed by atoms with Crippen molar-refractivity contribution in [3.63, 3.8) is 0 Å². The van der Waals surface area contributed by atoms with Gasteiger partial charge in [0.1, 0.15) is 11.2 Å². The molecule has 0 atom stereocenters. The number of fused-ring (bicyclic) bond motifs is 1. The molecule has 0 bridgehead atoms. The van der Waals surface area contributed by atoms with Crippen molar-refractivity contribution in [3.05, 3.63) is 57.6 Å². The van der Waals surface area contributed by atoms with Crippen LogP contribution in [0.15, 0.2) is 35.3 Å². The lowest BCUT2D eigenvalue weighted by Crippen LogP contribution is -2.26. The summed E-state index contributed by atoms with van der Waals surface area (Å²) in [5, 5.41) is 11.3. The van der Waals surface area contributed by atoms with Crippen molar-refractivity contribution in [2.45, 2.75) is 27.7 Å². The number of carbonyl (C=O) groups is 2. The minimum Gasteiger partial charge on any atom is -0.459 e. The number of nitrogens with one attached hydrogen (secondary N) is 2. The summed E-state index contributed by atoms with van der Waals surface area (Å²) in [5.41, 5.74) is 3.39. The van der Waals surface area contributed by atoms with Crippen LogP contribution in [0.4, 0.5) is 5.82 Å². The lowest BCUT2D eigenvalue weighted by Gasteiger charge is -2.09. The predicted molar refractivity (Wildman–Crippen MR) is 116 cm³/mol. The van der Waals surface area contributed by atoms with Crippen molar-refractivity contribution in [3.8, 4) is 11.6 Å². The fourth-order valence-corrected chi connectivity index (χ4v) is 3.17. The molecule has 11 heteroatoms. The molecule has 0 saturated heterocycles. The third-order valence-electron chi connectivity index (χ3n) is 4.90. The molecule has 4 aromatic rings. The second kappa shape index (κ2) is 8.10. The van der Waals surface area contributed by atoms with Gasteiger partial charge in [0.15, 0.2) is 5.65 Å². The number of aromatic amines is 1. The van der Waals surface area contributed by atoms with Crippen molar-refractivity contribution < 1.29 is 14.3 Å². The summed E-state index contributed by atoms with van der Waals surface area (Å²) in [5.74, 6) is -1.78. The highest BCUT2D eigenvalue weighted by Gasteiger charge is 2.20. The maximum absolute atomic E-state index is 12.7. The number of H-pyrrole nitrogens is 1. The number of benzene rings is 1. The van der Waals surface area contributed by atoms with Gasteiger partial charge >= 0.3 is 11.9 Å². The number of aromatic nitrogens is 6. The predicted octanol–water partition coefficient (Wildman–Crippen LogP) is 1.72. The molecule has 0 aliphatic carbocycles. The maximum atomic E-state index is 12.7. The Morgan fingerprint density at radius 2 is 1.91 bits per heavy atom. The lowest BCUT2D eigenvalue weighted by molar-refractivity contribution is -0.152. The summed E-state index contributed by atoms with van der Waals surface area (Å²) < 4.78 is 7.52. The first kappa shape index (κ1) is 21.0. The van der Waals surface area contributed by atoms with Gasteiger partial charge in [-0.2, -0.15) is 19.9 Å². The quantitative estimate of drug-likeness (QED) is 0.368. The van der Waals surface area contributed by atoms with Gasteiger partial charge in [0.2, 0.25) is 5.95 Å². The fourth-order valence-electron chi connectivity index (χ4n) is 3.17. The van der Waals surface area contributed by atoms with Gasteiger partial charge in [-0.05, 0) is 51.0 Å². The molecule has 3 heterocycles. The van der Waals surface area contributed by atoms with Crippen LogP contribution in [-0.2, 0) is 14.3 Å². The summed E-state index contributed by atoms with van der Waals surface area (Å²) in [6.45, 7) is 7.36. The van der Waals surface area contributed by atoms with E-state index in [2.05, 4.69) is 25.5 Å². The number of rotatable bonds is 4. The molecular weight excluding hydrogens is 414 g/mol. The van der Waals surface area contributed by atoms with E-state index in [1.165, 1.54) is 10.9 Å². The van der Waals surface area contributed by atoms with Crippen molar-refractivity contribution >= 4 is 28.7 Å². The normalized spacial score (nSPS) is 11.0. The number of anilines is 1. The second-order valence-electron chi connectivity index (χ2n) is 7.21. The van der Waals surface area contributed by atoms with Crippen molar-refractivity contribution in [2.24, 2.45) is 0 Å². The van der Waals surface area contributed by atoms with E-state index in [0.717, 1.165) is 16.8 Å². The molecule has 4 rings (SSSR count). The van der Waals surface area contributed by atoms with Gasteiger partial charge < -0.3 is 10.1 Å². The van der Waals surface area contributed by atoms with Crippen molar-refractivity contribution in [2.75, 3.05) is 11.9 Å². The monoisotopic (exact) mass is 435 g/mol. The number of ether oxygens (including phenoxy) is 1. The molecule has 0 fully saturated rings. The Morgan fingerprint density at radius 1 is 1.12 bits per heavy atom. The molecule has 3 aromatic heterocycles. The van der Waals surface area contributed by atoms with Crippen LogP contribution in [0.25, 0.3) is 22.7 Å². The number of amides is 1. The summed E-state index contributed by atoms with van der Waals surface area (Å²) in [7, 11) is 0. The molecular formula is C21H21N7O4. The zero-order chi connectivity index (χ0) is 23.0. The Hall–Kier alpha value is -4.28. The molecule has 1 aromatic carbocycles. The van der Waals surface area contributed by atoms with Crippen LogP contribution >= 0.6 is 0 Å². The number of esters is 1. The highest BCUT2D eigenvalue weighted by atomic mass is 16.5. The van der Waals surface area contributed by atoms with Crippen molar-refractivity contribution in [1.29, 1.82) is 0 Å². The molecule has 2 N–H and O–H groups in total. The molecule has 0 saturated carbocycles. The van der Waals surface area contributed by atoms with Gasteiger partial charge in [0.05, 0.1) is 24.2 Å². The molecule has 0 unspecified atom stereocenters. The van der Waals surface area contributed by atoms with E-state index in [1.54, 1.807) is 24.6 Å². The molecule has 0 aliphatic rings. The maximum Gasteiger partial charge on any atom is 0.397 e. The average molecular weight is 435 g/mol. The van der Waals surface area contributed by atoms with Crippen LogP contribution in [0.1, 0.15) is 23.7 Å². The number of aryl methyl sites for hydroxylation is 3. The van der Waals surface area contributed by atoms with Crippen LogP contribution in [-0.4, -0.2) is 48.0 Å². The third-order valence-corrected chi connectivity index (χ3v) is 4.90. The first-order valence-corrected chi connectivity index (χ1v) is 9.89. The summed E-state index contributed by atoms with van der Waals surface area (Å²) in [6.07, 6.45) is 1.44. The highest BCUT2D eigenvalue weighted by Crippen LogP contribution is 2.19. The van der Waals surface area contributed by atoms with E-state index in [-0.39, 0.29) is 18.4 Å². The first-order valence-electron chi connectivity index (χ1n) is 9.89. The van der Waals surface area contributed by atoms with Gasteiger partial charge in [-0.25, -0.2) is 9.48 Å². The minimum absolute atomic E-state index is 0.0559. The molecule has 32 heavy (non-hydrogen) atoms. The van der Waals surface area contributed by atoms with Crippen molar-refractivity contribution in [1.82, 2.24) is 29.5 Å². The van der Waals surface area contributed by atoms with Crippen LogP contribution < -0.4 is 10.9 Å². The van der Waals surface area contributed by atoms with Crippen LogP contribution in [0.5, 0.6) is 0 Å². The van der Waals surface area contributed by atoms with Crippen LogP contribution in [0.3, 0.4) is 0 Å². The smallest absolute Gasteiger partial charge is 0.397 e. The largest absolute Gasteiger partial charge is 0.459 e. The van der Waals surface area contributed by atoms with Gasteiger partial charge in [-0.15, -0.1) is 0 Å². The molecule has 11 nitrogen and oxygen atoms in total. The van der Waals surface area contributed by atoms with Crippen LogP contribution in [0, 0.1) is 20.8 Å². The van der Waals surface area contributed by atoms with Gasteiger partial charge in [0, 0.05) is 6.07 Å². The lowest BCUT2D eigenvalue weighted by atomic mass is 10.1. The van der Waals surface area contributed by atoms with Crippen LogP contribution in [0.2, 0.25) is 0 Å². The summed E-state index contributed by atoms with van der Waals surface area (Å²) >= 11 is 0. The van der Waals surface area contributed by atoms with E-state index < -0.39 is 17.4 Å². The average Bonchev–Trinajstić information content (AvgIpc) is 3.34. The Balaban J connectivity index is 1.81. The van der Waals surface area contributed by atoms with Gasteiger partial charge in [-0.3, -0.25) is 14.6 Å². The number of hydrogen-bond donors (Lipinski definition) is 2. The SMILES string of the molecule is CCOC(=O)C(=O)Nc1cc(C)nn1-c1nc2c(cnn2-c2ccc(C)c(C)c2)c(=O)[nH]1. The van der Waals surface area contributed by atoms with E-state index in [4.69, 9.17) is 4.74 Å². The highest BCUT2D eigenvalue weighted by molar-refractivity contribution is 6.37. The topological polar surface area (TPSA) is 137 Å². The standard InChI is InChI=1S/C21H21N7O4/c1-5-32-20(31)19(30)23-16-9-13(4)26-28(16)21-24-17-15(18(29)25-21)10-22-27(17)14-7-6-11(2)12(3)8-14/h6-10H,5H2,1-4H3,(H,23,30)(H,24,25,29). The Bertz CT molecular complexity index is 1410. The fraction of sp³-hybridized carbons (Fsp3) is 0.238. The first-order chi connectivity index (χ1) is 15.3. The number of hydrogen-bond acceptors (Lipinski definition) is 7.